The van der Waals surface area contributed by atoms with Crippen molar-refractivity contribution in [3.8, 4) is 0 Å². The van der Waals surface area contributed by atoms with Gasteiger partial charge < -0.3 is 9.64 Å². The SMILES string of the molecule is CCOC(=O)c1nc2ccccc2c(=O)n1[C@@H]1N=C(c2ccccc2)c2cc(C)cc3c2N(CC3)C1=O. The Hall–Kier alpha value is -4.59. The first-order chi connectivity index (χ1) is 18.0. The largest absolute Gasteiger partial charge is 0.460 e. The zero-order valence-electron chi connectivity index (χ0n) is 20.5. The fraction of sp³-hybridized carbons (Fsp3) is 0.207. The first kappa shape index (κ1) is 22.8. The predicted molar refractivity (Wildman–Crippen MR) is 140 cm³/mol. The predicted octanol–water partition coefficient (Wildman–Crippen LogP) is 3.82. The third-order valence-electron chi connectivity index (χ3n) is 6.76. The Morgan fingerprint density at radius 1 is 1.05 bits per heavy atom. The summed E-state index contributed by atoms with van der Waals surface area (Å²) in [5, 5.41) is 0.291. The number of aliphatic imine (C=N–C) groups is 1. The molecule has 3 heterocycles. The summed E-state index contributed by atoms with van der Waals surface area (Å²) in [6.07, 6.45) is -0.641. The monoisotopic (exact) mass is 492 g/mol. The van der Waals surface area contributed by atoms with Crippen LogP contribution in [0, 0.1) is 6.92 Å². The number of carbonyl (C=O) groups is 2. The molecule has 3 aromatic carbocycles. The average molecular weight is 493 g/mol. The molecule has 0 saturated carbocycles. The Labute approximate surface area is 212 Å². The molecule has 1 atom stereocenters. The third-order valence-corrected chi connectivity index (χ3v) is 6.76. The van der Waals surface area contributed by atoms with E-state index in [9.17, 15) is 14.4 Å². The Morgan fingerprint density at radius 3 is 2.59 bits per heavy atom. The van der Waals surface area contributed by atoms with E-state index >= 15 is 0 Å². The molecule has 37 heavy (non-hydrogen) atoms. The quantitative estimate of drug-likeness (QED) is 0.404. The van der Waals surface area contributed by atoms with Crippen LogP contribution in [0.15, 0.2) is 76.5 Å². The molecule has 0 aliphatic carbocycles. The van der Waals surface area contributed by atoms with E-state index in [-0.39, 0.29) is 18.3 Å². The first-order valence-corrected chi connectivity index (χ1v) is 12.2. The minimum atomic E-state index is -1.34. The average Bonchev–Trinajstić information content (AvgIpc) is 3.28. The fourth-order valence-corrected chi connectivity index (χ4v) is 5.20. The highest BCUT2D eigenvalue weighted by molar-refractivity contribution is 6.20. The van der Waals surface area contributed by atoms with Crippen LogP contribution in [-0.4, -0.2) is 40.3 Å². The van der Waals surface area contributed by atoms with Crippen LogP contribution in [-0.2, 0) is 16.0 Å². The number of nitrogens with zero attached hydrogens (tertiary/aromatic N) is 4. The number of amides is 1. The smallest absolute Gasteiger partial charge is 0.374 e. The van der Waals surface area contributed by atoms with Crippen molar-refractivity contribution >= 4 is 34.2 Å². The van der Waals surface area contributed by atoms with Gasteiger partial charge in [0.25, 0.3) is 11.5 Å². The van der Waals surface area contributed by atoms with Crippen LogP contribution in [0.5, 0.6) is 0 Å². The van der Waals surface area contributed by atoms with E-state index in [0.29, 0.717) is 29.6 Å². The molecule has 2 aliphatic heterocycles. The van der Waals surface area contributed by atoms with Crippen molar-refractivity contribution in [2.75, 3.05) is 18.1 Å². The third kappa shape index (κ3) is 3.64. The van der Waals surface area contributed by atoms with Crippen molar-refractivity contribution in [3.63, 3.8) is 0 Å². The maximum absolute atomic E-state index is 14.1. The number of para-hydroxylation sites is 1. The molecule has 0 saturated heterocycles. The van der Waals surface area contributed by atoms with Gasteiger partial charge in [-0.2, -0.15) is 0 Å². The van der Waals surface area contributed by atoms with Crippen LogP contribution >= 0.6 is 0 Å². The maximum atomic E-state index is 14.1. The number of esters is 1. The van der Waals surface area contributed by atoms with Gasteiger partial charge in [-0.05, 0) is 44.0 Å². The molecule has 0 radical (unpaired) electrons. The molecule has 1 aromatic heterocycles. The summed E-state index contributed by atoms with van der Waals surface area (Å²) in [5.41, 5.74) is 4.96. The van der Waals surface area contributed by atoms with Crippen molar-refractivity contribution in [2.45, 2.75) is 26.4 Å². The molecule has 6 rings (SSSR count). The maximum Gasteiger partial charge on any atom is 0.374 e. The first-order valence-electron chi connectivity index (χ1n) is 12.2. The standard InChI is InChI=1S/C29H24N4O4/c1-3-37-29(36)26-30-22-12-8-7-11-20(22)27(34)33(26)25-28(35)32-14-13-19-15-17(2)16-21(24(19)32)23(31-25)18-9-5-4-6-10-18/h4-12,15-16,25H,3,13-14H2,1-2H3/t25-/m0/s1. The summed E-state index contributed by atoms with van der Waals surface area (Å²) in [6.45, 7) is 4.25. The number of anilines is 1. The second-order valence-corrected chi connectivity index (χ2v) is 9.13. The lowest BCUT2D eigenvalue weighted by atomic mass is 9.96. The molecule has 0 bridgehead atoms. The molecule has 0 spiro atoms. The second kappa shape index (κ2) is 8.81. The summed E-state index contributed by atoms with van der Waals surface area (Å²) in [7, 11) is 0. The molecule has 2 aliphatic rings. The number of hydrogen-bond acceptors (Lipinski definition) is 6. The lowest BCUT2D eigenvalue weighted by Gasteiger charge is -2.23. The topological polar surface area (TPSA) is 93.9 Å². The summed E-state index contributed by atoms with van der Waals surface area (Å²) < 4.78 is 6.35. The van der Waals surface area contributed by atoms with Crippen molar-refractivity contribution < 1.29 is 14.3 Å². The molecular formula is C29H24N4O4. The number of aromatic nitrogens is 2. The number of benzene rings is 3. The van der Waals surface area contributed by atoms with Crippen LogP contribution in [0.2, 0.25) is 0 Å². The van der Waals surface area contributed by atoms with Crippen LogP contribution in [0.25, 0.3) is 10.9 Å². The highest BCUT2D eigenvalue weighted by Gasteiger charge is 2.39. The summed E-state index contributed by atoms with van der Waals surface area (Å²) in [4.78, 5) is 52.1. The minimum Gasteiger partial charge on any atom is -0.460 e. The van der Waals surface area contributed by atoms with Gasteiger partial charge >= 0.3 is 5.97 Å². The summed E-state index contributed by atoms with van der Waals surface area (Å²) >= 11 is 0. The van der Waals surface area contributed by atoms with E-state index < -0.39 is 17.7 Å². The van der Waals surface area contributed by atoms with Gasteiger partial charge in [-0.25, -0.2) is 14.8 Å². The van der Waals surface area contributed by atoms with E-state index in [1.165, 1.54) is 0 Å². The van der Waals surface area contributed by atoms with E-state index in [2.05, 4.69) is 11.1 Å². The normalized spacial score (nSPS) is 16.4. The van der Waals surface area contributed by atoms with Crippen molar-refractivity contribution in [2.24, 2.45) is 4.99 Å². The number of fused-ring (bicyclic) bond motifs is 1. The van der Waals surface area contributed by atoms with Crippen LogP contribution < -0.4 is 10.5 Å². The number of ether oxygens (including phenoxy) is 1. The molecule has 0 fully saturated rings. The highest BCUT2D eigenvalue weighted by atomic mass is 16.5. The van der Waals surface area contributed by atoms with Gasteiger partial charge in [0, 0.05) is 17.7 Å². The van der Waals surface area contributed by atoms with Gasteiger partial charge in [0.15, 0.2) is 0 Å². The van der Waals surface area contributed by atoms with E-state index in [4.69, 9.17) is 9.73 Å². The van der Waals surface area contributed by atoms with Gasteiger partial charge in [0.2, 0.25) is 12.0 Å². The number of aryl methyl sites for hydroxylation is 1. The Morgan fingerprint density at radius 2 is 1.81 bits per heavy atom. The number of rotatable bonds is 4. The Bertz CT molecular complexity index is 1670. The van der Waals surface area contributed by atoms with Gasteiger partial charge in [-0.1, -0.05) is 54.1 Å². The van der Waals surface area contributed by atoms with Crippen LogP contribution in [0.1, 0.15) is 46.0 Å². The minimum absolute atomic E-state index is 0.0961. The van der Waals surface area contributed by atoms with E-state index in [1.807, 2.05) is 43.3 Å². The molecule has 8 nitrogen and oxygen atoms in total. The summed E-state index contributed by atoms with van der Waals surface area (Å²) in [5.74, 6) is -1.42. The van der Waals surface area contributed by atoms with Gasteiger partial charge in [-0.15, -0.1) is 0 Å². The molecule has 0 unspecified atom stereocenters. The van der Waals surface area contributed by atoms with Crippen LogP contribution in [0.3, 0.4) is 0 Å². The Balaban J connectivity index is 1.68. The number of carbonyl (C=O) groups excluding carboxylic acids is 2. The van der Waals surface area contributed by atoms with Crippen molar-refractivity contribution in [1.82, 2.24) is 9.55 Å². The lowest BCUT2D eigenvalue weighted by molar-refractivity contribution is -0.121. The summed E-state index contributed by atoms with van der Waals surface area (Å²) in [6, 6.07) is 20.4. The molecule has 184 valence electrons. The van der Waals surface area contributed by atoms with E-state index in [0.717, 1.165) is 32.5 Å². The highest BCUT2D eigenvalue weighted by Crippen LogP contribution is 2.39. The Kier molecular flexibility index (Phi) is 5.44. The molecule has 8 heteroatoms. The zero-order valence-corrected chi connectivity index (χ0v) is 20.5. The lowest BCUT2D eigenvalue weighted by Crippen LogP contribution is -2.41. The molecular weight excluding hydrogens is 468 g/mol. The fourth-order valence-electron chi connectivity index (χ4n) is 5.20. The second-order valence-electron chi connectivity index (χ2n) is 9.13. The van der Waals surface area contributed by atoms with Gasteiger partial charge in [-0.3, -0.25) is 14.2 Å². The van der Waals surface area contributed by atoms with Crippen molar-refractivity contribution in [3.05, 3.63) is 105 Å². The molecule has 0 N–H and O–H groups in total. The molecule has 1 amide bonds. The zero-order chi connectivity index (χ0) is 25.7. The molecule has 4 aromatic rings. The van der Waals surface area contributed by atoms with Crippen LogP contribution in [0.4, 0.5) is 5.69 Å². The van der Waals surface area contributed by atoms with Gasteiger partial charge in [0.1, 0.15) is 0 Å². The van der Waals surface area contributed by atoms with Crippen molar-refractivity contribution in [1.29, 1.82) is 0 Å². The van der Waals surface area contributed by atoms with E-state index in [1.54, 1.807) is 36.1 Å². The number of hydrogen-bond donors (Lipinski definition) is 0. The van der Waals surface area contributed by atoms with Gasteiger partial charge in [0.05, 0.1) is 28.9 Å².